The zero-order valence-corrected chi connectivity index (χ0v) is 22.7. The van der Waals surface area contributed by atoms with Gasteiger partial charge in [-0.05, 0) is 31.6 Å². The van der Waals surface area contributed by atoms with E-state index < -0.39 is 0 Å². The molecule has 2 rings (SSSR count). The van der Waals surface area contributed by atoms with Crippen molar-refractivity contribution in [2.24, 2.45) is 10.9 Å². The first-order chi connectivity index (χ1) is 14.5. The first-order valence-corrected chi connectivity index (χ1v) is 11.8. The van der Waals surface area contributed by atoms with Crippen LogP contribution in [0.2, 0.25) is 0 Å². The Morgan fingerprint density at radius 1 is 1.29 bits per heavy atom. The number of nitrogens with zero attached hydrogens (tertiary/aromatic N) is 5. The number of thioether (sulfide) groups is 1. The summed E-state index contributed by atoms with van der Waals surface area (Å²) in [5, 5.41) is 13.1. The van der Waals surface area contributed by atoms with Crippen molar-refractivity contribution < 1.29 is 4.74 Å². The van der Waals surface area contributed by atoms with Gasteiger partial charge in [-0.3, -0.25) is 4.99 Å². The van der Waals surface area contributed by atoms with Crippen LogP contribution in [0.5, 0.6) is 5.75 Å². The van der Waals surface area contributed by atoms with E-state index in [4.69, 9.17) is 9.73 Å². The molecule has 0 unspecified atom stereocenters. The predicted octanol–water partition coefficient (Wildman–Crippen LogP) is 4.31. The van der Waals surface area contributed by atoms with Crippen LogP contribution in [-0.4, -0.2) is 59.1 Å². The fourth-order valence-corrected chi connectivity index (χ4v) is 3.78. The number of ether oxygens (including phenoxy) is 1. The van der Waals surface area contributed by atoms with Gasteiger partial charge in [-0.1, -0.05) is 43.8 Å². The molecule has 0 saturated carbocycles. The third-order valence-corrected chi connectivity index (χ3v) is 5.31. The maximum Gasteiger partial charge on any atom is 0.193 e. The predicted molar refractivity (Wildman–Crippen MR) is 141 cm³/mol. The summed E-state index contributed by atoms with van der Waals surface area (Å²) < 4.78 is 7.73. The molecule has 31 heavy (non-hydrogen) atoms. The number of hydrogen-bond donors (Lipinski definition) is 1. The topological polar surface area (TPSA) is 67.6 Å². The minimum Gasteiger partial charge on any atom is -0.496 e. The fourth-order valence-electron chi connectivity index (χ4n) is 3.26. The number of aryl methyl sites for hydroxylation is 1. The summed E-state index contributed by atoms with van der Waals surface area (Å²) in [6, 6.07) is 8.10. The van der Waals surface area contributed by atoms with Crippen LogP contribution in [0, 0.1) is 5.92 Å². The van der Waals surface area contributed by atoms with Gasteiger partial charge < -0.3 is 19.5 Å². The van der Waals surface area contributed by atoms with Crippen LogP contribution in [0.25, 0.3) is 0 Å². The van der Waals surface area contributed by atoms with E-state index in [1.54, 1.807) is 18.9 Å². The minimum absolute atomic E-state index is 0. The second-order valence-electron chi connectivity index (χ2n) is 7.61. The zero-order chi connectivity index (χ0) is 21.9. The first kappa shape index (κ1) is 27.5. The SMILES string of the molecule is CCNC(=NCCCc1nnc(SC)n1CC(C)C)N(C)Cc1ccccc1OC.I. The zero-order valence-electron chi connectivity index (χ0n) is 19.6. The maximum atomic E-state index is 5.48. The molecule has 0 aliphatic rings. The van der Waals surface area contributed by atoms with Crippen molar-refractivity contribution >= 4 is 41.7 Å². The van der Waals surface area contributed by atoms with E-state index in [9.17, 15) is 0 Å². The van der Waals surface area contributed by atoms with Gasteiger partial charge in [0.1, 0.15) is 11.6 Å². The van der Waals surface area contributed by atoms with E-state index in [0.29, 0.717) is 5.92 Å². The third kappa shape index (κ3) is 8.51. The lowest BCUT2D eigenvalue weighted by Gasteiger charge is -2.23. The number of aromatic nitrogens is 3. The average Bonchev–Trinajstić information content (AvgIpc) is 3.11. The van der Waals surface area contributed by atoms with Crippen LogP contribution in [0.1, 0.15) is 38.6 Å². The highest BCUT2D eigenvalue weighted by atomic mass is 127. The number of para-hydroxylation sites is 1. The molecule has 0 aliphatic carbocycles. The third-order valence-electron chi connectivity index (χ3n) is 4.64. The second-order valence-corrected chi connectivity index (χ2v) is 8.39. The largest absolute Gasteiger partial charge is 0.496 e. The number of guanidine groups is 1. The Balaban J connectivity index is 0.00000480. The Bertz CT molecular complexity index is 811. The molecule has 0 atom stereocenters. The summed E-state index contributed by atoms with van der Waals surface area (Å²) in [5.74, 6) is 3.41. The summed E-state index contributed by atoms with van der Waals surface area (Å²) in [5.41, 5.74) is 1.14. The molecule has 0 bridgehead atoms. The summed E-state index contributed by atoms with van der Waals surface area (Å²) in [7, 11) is 3.76. The van der Waals surface area contributed by atoms with Crippen molar-refractivity contribution in [2.75, 3.05) is 33.5 Å². The molecule has 7 nitrogen and oxygen atoms in total. The molecule has 1 heterocycles. The van der Waals surface area contributed by atoms with Crippen LogP contribution in [0.3, 0.4) is 0 Å². The van der Waals surface area contributed by atoms with Crippen LogP contribution >= 0.6 is 35.7 Å². The Labute approximate surface area is 208 Å². The summed E-state index contributed by atoms with van der Waals surface area (Å²) in [6.07, 6.45) is 3.86. The first-order valence-electron chi connectivity index (χ1n) is 10.6. The molecule has 0 radical (unpaired) electrons. The van der Waals surface area contributed by atoms with Crippen molar-refractivity contribution in [3.8, 4) is 5.75 Å². The van der Waals surface area contributed by atoms with Crippen molar-refractivity contribution in [1.82, 2.24) is 25.0 Å². The number of benzene rings is 1. The Hall–Kier alpha value is -1.49. The molecule has 1 N–H and O–H groups in total. The Morgan fingerprint density at radius 3 is 2.68 bits per heavy atom. The molecule has 1 aromatic carbocycles. The van der Waals surface area contributed by atoms with Gasteiger partial charge in [0, 0.05) is 45.2 Å². The Kier molecular flexibility index (Phi) is 12.9. The lowest BCUT2D eigenvalue weighted by molar-refractivity contribution is 0.396. The molecule has 0 spiro atoms. The van der Waals surface area contributed by atoms with Crippen molar-refractivity contribution in [2.45, 2.75) is 51.9 Å². The number of methoxy groups -OCH3 is 1. The quantitative estimate of drug-likeness (QED) is 0.145. The van der Waals surface area contributed by atoms with Crippen molar-refractivity contribution in [3.63, 3.8) is 0 Å². The smallest absolute Gasteiger partial charge is 0.193 e. The average molecular weight is 561 g/mol. The molecule has 0 aliphatic heterocycles. The molecule has 9 heteroatoms. The standard InChI is InChI=1S/C22H36N6OS.HI/c1-7-23-21(27(4)16-18-11-8-9-12-19(18)29-5)24-14-10-13-20-25-26-22(30-6)28(20)15-17(2)3;/h8-9,11-12,17H,7,10,13-16H2,1-6H3,(H,23,24);1H. The fraction of sp³-hybridized carbons (Fsp3) is 0.591. The number of rotatable bonds is 11. The van der Waals surface area contributed by atoms with E-state index >= 15 is 0 Å². The van der Waals surface area contributed by atoms with Gasteiger partial charge in [0.2, 0.25) is 0 Å². The van der Waals surface area contributed by atoms with E-state index in [2.05, 4.69) is 65.1 Å². The number of halogens is 1. The van der Waals surface area contributed by atoms with E-state index in [1.165, 1.54) is 0 Å². The van der Waals surface area contributed by atoms with E-state index in [1.807, 2.05) is 18.2 Å². The van der Waals surface area contributed by atoms with E-state index in [-0.39, 0.29) is 24.0 Å². The minimum atomic E-state index is 0. The number of nitrogens with one attached hydrogen (secondary N) is 1. The second kappa shape index (κ2) is 14.5. The molecule has 0 saturated heterocycles. The van der Waals surface area contributed by atoms with Gasteiger partial charge in [-0.15, -0.1) is 34.2 Å². The molecule has 174 valence electrons. The normalized spacial score (nSPS) is 11.4. The van der Waals surface area contributed by atoms with Gasteiger partial charge in [0.15, 0.2) is 11.1 Å². The molecular weight excluding hydrogens is 523 g/mol. The summed E-state index contributed by atoms with van der Waals surface area (Å²) >= 11 is 1.65. The van der Waals surface area contributed by atoms with Crippen LogP contribution in [0.15, 0.2) is 34.4 Å². The highest BCUT2D eigenvalue weighted by Gasteiger charge is 2.13. The molecule has 0 fully saturated rings. The number of aliphatic imine (C=N–C) groups is 1. The monoisotopic (exact) mass is 560 g/mol. The number of hydrogen-bond acceptors (Lipinski definition) is 5. The van der Waals surface area contributed by atoms with Gasteiger partial charge in [-0.2, -0.15) is 0 Å². The molecule has 1 aromatic heterocycles. The lowest BCUT2D eigenvalue weighted by atomic mass is 10.2. The van der Waals surface area contributed by atoms with E-state index in [0.717, 1.165) is 67.3 Å². The van der Waals surface area contributed by atoms with Crippen LogP contribution in [-0.2, 0) is 19.5 Å². The molecule has 0 amide bonds. The van der Waals surface area contributed by atoms with Gasteiger partial charge in [0.25, 0.3) is 0 Å². The van der Waals surface area contributed by atoms with Gasteiger partial charge >= 0.3 is 0 Å². The molecule has 2 aromatic rings. The lowest BCUT2D eigenvalue weighted by Crippen LogP contribution is -2.38. The highest BCUT2D eigenvalue weighted by molar-refractivity contribution is 14.0. The van der Waals surface area contributed by atoms with Crippen molar-refractivity contribution in [3.05, 3.63) is 35.7 Å². The summed E-state index contributed by atoms with van der Waals surface area (Å²) in [4.78, 5) is 6.96. The van der Waals surface area contributed by atoms with Crippen LogP contribution < -0.4 is 10.1 Å². The van der Waals surface area contributed by atoms with Crippen LogP contribution in [0.4, 0.5) is 0 Å². The Morgan fingerprint density at radius 2 is 2.03 bits per heavy atom. The maximum absolute atomic E-state index is 5.48. The highest BCUT2D eigenvalue weighted by Crippen LogP contribution is 2.19. The van der Waals surface area contributed by atoms with Gasteiger partial charge in [0.05, 0.1) is 7.11 Å². The van der Waals surface area contributed by atoms with Crippen molar-refractivity contribution in [1.29, 1.82) is 0 Å². The van der Waals surface area contributed by atoms with Gasteiger partial charge in [-0.25, -0.2) is 0 Å². The summed E-state index contributed by atoms with van der Waals surface area (Å²) in [6.45, 7) is 9.78. The molecular formula is C22H37IN6OS.